The number of alkyl carbamates (subject to hydrolysis) is 1. The summed E-state index contributed by atoms with van der Waals surface area (Å²) < 4.78 is 5.63. The molecule has 2 aromatic carbocycles. The van der Waals surface area contributed by atoms with Crippen LogP contribution in [0.25, 0.3) is 11.1 Å². The molecule has 1 aliphatic heterocycles. The zero-order valence-electron chi connectivity index (χ0n) is 19.4. The minimum absolute atomic E-state index is 0.0622. The molecule has 1 unspecified atom stereocenters. The monoisotopic (exact) mass is 482 g/mol. The molecule has 2 amide bonds. The third kappa shape index (κ3) is 5.22. The van der Waals surface area contributed by atoms with E-state index in [0.717, 1.165) is 22.3 Å². The third-order valence-electron chi connectivity index (χ3n) is 6.29. The predicted octanol–water partition coefficient (Wildman–Crippen LogP) is 3.97. The molecule has 0 spiro atoms. The van der Waals surface area contributed by atoms with E-state index in [9.17, 15) is 19.5 Å². The molecule has 2 atom stereocenters. The fourth-order valence-electron chi connectivity index (χ4n) is 4.69. The van der Waals surface area contributed by atoms with Gasteiger partial charge in [0.15, 0.2) is 0 Å². The van der Waals surface area contributed by atoms with E-state index in [0.29, 0.717) is 18.7 Å². The fraction of sp³-hybridized carbons (Fsp3) is 0.423. The van der Waals surface area contributed by atoms with E-state index in [1.54, 1.807) is 4.90 Å². The van der Waals surface area contributed by atoms with Gasteiger partial charge in [0.05, 0.1) is 0 Å². The number of carboxylic acid groups (broad SMARTS) is 1. The fourth-order valence-corrected chi connectivity index (χ4v) is 5.73. The highest BCUT2D eigenvalue weighted by atomic mass is 32.2. The average molecular weight is 483 g/mol. The van der Waals surface area contributed by atoms with Crippen molar-refractivity contribution in [1.82, 2.24) is 10.2 Å². The average Bonchev–Trinajstić information content (AvgIpc) is 3.15. The van der Waals surface area contributed by atoms with Crippen LogP contribution < -0.4 is 5.32 Å². The smallest absolute Gasteiger partial charge is 0.407 e. The molecule has 1 fully saturated rings. The summed E-state index contributed by atoms with van der Waals surface area (Å²) in [7, 11) is 0. The summed E-state index contributed by atoms with van der Waals surface area (Å²) >= 11 is 1.34. The van der Waals surface area contributed by atoms with Crippen molar-refractivity contribution in [3.8, 4) is 11.1 Å². The summed E-state index contributed by atoms with van der Waals surface area (Å²) in [5.41, 5.74) is 4.54. The number of nitrogens with one attached hydrogen (secondary N) is 1. The van der Waals surface area contributed by atoms with Crippen LogP contribution in [0.15, 0.2) is 48.5 Å². The van der Waals surface area contributed by atoms with Crippen molar-refractivity contribution >= 4 is 29.7 Å². The molecule has 7 nitrogen and oxygen atoms in total. The molecule has 2 aromatic rings. The summed E-state index contributed by atoms with van der Waals surface area (Å²) in [6.45, 7) is 4.73. The zero-order valence-corrected chi connectivity index (χ0v) is 20.2. The Labute approximate surface area is 203 Å². The van der Waals surface area contributed by atoms with Gasteiger partial charge in [0.25, 0.3) is 0 Å². The van der Waals surface area contributed by atoms with Crippen molar-refractivity contribution in [1.29, 1.82) is 0 Å². The number of carboxylic acids is 1. The van der Waals surface area contributed by atoms with Gasteiger partial charge in [-0.25, -0.2) is 4.79 Å². The van der Waals surface area contributed by atoms with Crippen molar-refractivity contribution in [3.05, 3.63) is 59.7 Å². The molecule has 4 rings (SSSR count). The number of ether oxygens (including phenoxy) is 1. The van der Waals surface area contributed by atoms with Gasteiger partial charge in [0, 0.05) is 24.8 Å². The van der Waals surface area contributed by atoms with Gasteiger partial charge in [0.2, 0.25) is 5.91 Å². The van der Waals surface area contributed by atoms with Crippen LogP contribution in [0.4, 0.5) is 4.79 Å². The number of benzene rings is 2. The van der Waals surface area contributed by atoms with Gasteiger partial charge in [-0.15, -0.1) is 11.8 Å². The van der Waals surface area contributed by atoms with Crippen molar-refractivity contribution in [2.75, 3.05) is 25.4 Å². The summed E-state index contributed by atoms with van der Waals surface area (Å²) in [6.07, 6.45) is -0.188. The van der Waals surface area contributed by atoms with Crippen LogP contribution in [0.3, 0.4) is 0 Å². The number of hydrogen-bond donors (Lipinski definition) is 2. The van der Waals surface area contributed by atoms with Crippen LogP contribution >= 0.6 is 11.8 Å². The molecule has 1 heterocycles. The van der Waals surface area contributed by atoms with Crippen LogP contribution in [-0.4, -0.2) is 64.7 Å². The van der Waals surface area contributed by atoms with Crippen molar-refractivity contribution in [3.63, 3.8) is 0 Å². The first-order valence-corrected chi connectivity index (χ1v) is 12.6. The summed E-state index contributed by atoms with van der Waals surface area (Å²) in [5, 5.41) is 11.4. The predicted molar refractivity (Wildman–Crippen MR) is 132 cm³/mol. The molecular formula is C26H30N2O5S. The van der Waals surface area contributed by atoms with E-state index in [4.69, 9.17) is 4.74 Å². The van der Waals surface area contributed by atoms with Crippen molar-refractivity contribution < 1.29 is 24.2 Å². The second-order valence-electron chi connectivity index (χ2n) is 9.13. The molecule has 8 heteroatoms. The molecule has 180 valence electrons. The topological polar surface area (TPSA) is 95.9 Å². The largest absolute Gasteiger partial charge is 0.480 e. The van der Waals surface area contributed by atoms with E-state index in [1.807, 2.05) is 38.1 Å². The van der Waals surface area contributed by atoms with Crippen LogP contribution in [-0.2, 0) is 14.3 Å². The van der Waals surface area contributed by atoms with Crippen LogP contribution in [0.5, 0.6) is 0 Å². The second-order valence-corrected chi connectivity index (χ2v) is 10.4. The Hall–Kier alpha value is -3.00. The molecule has 1 saturated heterocycles. The van der Waals surface area contributed by atoms with Gasteiger partial charge >= 0.3 is 12.1 Å². The standard InChI is InChI=1S/C26H30N2O5S/c1-16(2)13-22(24(29)28-11-12-34-23(14-28)25(30)31)27-26(32)33-15-21-19-9-5-3-7-17(19)18-8-4-6-10-20(18)21/h3-10,16,21-23H,11-15H2,1-2H3,(H,27,32)(H,30,31)/t22-,23?/m1/s1. The Morgan fingerprint density at radius 1 is 1.09 bits per heavy atom. The van der Waals surface area contributed by atoms with E-state index >= 15 is 0 Å². The number of thioether (sulfide) groups is 1. The first kappa shape index (κ1) is 24.1. The lowest BCUT2D eigenvalue weighted by Gasteiger charge is -2.33. The van der Waals surface area contributed by atoms with Crippen molar-refractivity contribution in [2.24, 2.45) is 5.92 Å². The Kier molecular flexibility index (Phi) is 7.46. The molecule has 1 aliphatic carbocycles. The van der Waals surface area contributed by atoms with Crippen LogP contribution in [0.2, 0.25) is 0 Å². The van der Waals surface area contributed by atoms with Gasteiger partial charge in [-0.05, 0) is 34.6 Å². The zero-order chi connectivity index (χ0) is 24.2. The maximum atomic E-state index is 13.2. The molecule has 0 radical (unpaired) electrons. The first-order chi connectivity index (χ1) is 16.3. The highest BCUT2D eigenvalue weighted by Gasteiger charge is 2.34. The van der Waals surface area contributed by atoms with Gasteiger partial charge < -0.3 is 20.1 Å². The number of fused-ring (bicyclic) bond motifs is 3. The number of amides is 2. The number of nitrogens with zero attached hydrogens (tertiary/aromatic N) is 1. The van der Waals surface area contributed by atoms with Crippen LogP contribution in [0, 0.1) is 5.92 Å². The molecular weight excluding hydrogens is 452 g/mol. The van der Waals surface area contributed by atoms with Gasteiger partial charge in [-0.2, -0.15) is 0 Å². The van der Waals surface area contributed by atoms with E-state index < -0.39 is 23.4 Å². The molecule has 34 heavy (non-hydrogen) atoms. The Balaban J connectivity index is 1.42. The molecule has 0 saturated carbocycles. The van der Waals surface area contributed by atoms with E-state index in [-0.39, 0.29) is 30.9 Å². The number of aliphatic carboxylic acids is 1. The van der Waals surface area contributed by atoms with E-state index in [2.05, 4.69) is 29.6 Å². The third-order valence-corrected chi connectivity index (χ3v) is 7.47. The van der Waals surface area contributed by atoms with Crippen LogP contribution in [0.1, 0.15) is 37.3 Å². The highest BCUT2D eigenvalue weighted by Crippen LogP contribution is 2.44. The van der Waals surface area contributed by atoms with Gasteiger partial charge in [-0.1, -0.05) is 62.4 Å². The maximum Gasteiger partial charge on any atom is 0.407 e. The Bertz CT molecular complexity index is 1030. The number of carbonyl (C=O) groups excluding carboxylic acids is 2. The molecule has 0 bridgehead atoms. The number of rotatable bonds is 7. The lowest BCUT2D eigenvalue weighted by molar-refractivity contribution is -0.138. The maximum absolute atomic E-state index is 13.2. The van der Waals surface area contributed by atoms with E-state index in [1.165, 1.54) is 11.8 Å². The highest BCUT2D eigenvalue weighted by molar-refractivity contribution is 8.00. The lowest BCUT2D eigenvalue weighted by Crippen LogP contribution is -2.53. The summed E-state index contributed by atoms with van der Waals surface area (Å²) in [4.78, 5) is 38.9. The van der Waals surface area contributed by atoms with Gasteiger partial charge in [0.1, 0.15) is 17.9 Å². The summed E-state index contributed by atoms with van der Waals surface area (Å²) in [6, 6.07) is 15.5. The minimum Gasteiger partial charge on any atom is -0.480 e. The molecule has 0 aromatic heterocycles. The number of carbonyl (C=O) groups is 3. The quantitative estimate of drug-likeness (QED) is 0.620. The summed E-state index contributed by atoms with van der Waals surface area (Å²) in [5.74, 6) is -0.520. The second kappa shape index (κ2) is 10.5. The molecule has 2 aliphatic rings. The Morgan fingerprint density at radius 3 is 2.29 bits per heavy atom. The normalized spacial score (nSPS) is 18.2. The van der Waals surface area contributed by atoms with Gasteiger partial charge in [-0.3, -0.25) is 9.59 Å². The van der Waals surface area contributed by atoms with Crippen molar-refractivity contribution in [2.45, 2.75) is 37.5 Å². The molecule has 2 N–H and O–H groups in total. The first-order valence-electron chi connectivity index (χ1n) is 11.6. The SMILES string of the molecule is CC(C)C[C@@H](NC(=O)OCC1c2ccccc2-c2ccccc21)C(=O)N1CCSC(C(=O)O)C1. The Morgan fingerprint density at radius 2 is 1.71 bits per heavy atom. The number of hydrogen-bond acceptors (Lipinski definition) is 5. The minimum atomic E-state index is -0.924. The lowest BCUT2D eigenvalue weighted by atomic mass is 9.98.